The van der Waals surface area contributed by atoms with Crippen molar-refractivity contribution in [3.8, 4) is 0 Å². The molecule has 0 nitrogen and oxygen atoms in total. The van der Waals surface area contributed by atoms with Crippen LogP contribution in [0, 0.1) is 6.08 Å². The molecule has 2 aromatic carbocycles. The van der Waals surface area contributed by atoms with Crippen molar-refractivity contribution in [2.24, 2.45) is 0 Å². The molecule has 0 saturated heterocycles. The summed E-state index contributed by atoms with van der Waals surface area (Å²) in [6.45, 7) is 4.54. The Bertz CT molecular complexity index is 660. The molecule has 0 unspecified atom stereocenters. The van der Waals surface area contributed by atoms with Crippen molar-refractivity contribution in [1.29, 1.82) is 0 Å². The average molecular weight is 458 g/mol. The SMILES string of the molecule is CCCC1=C(C)CC([SiH](c2ccccc2)c2ccccc2)=[C-]1.[Cl-].[Cl-].[Cl-].[Ti+4]. The molecule has 1 aliphatic rings. The normalized spacial score (nSPS) is 12.3. The van der Waals surface area contributed by atoms with E-state index in [-0.39, 0.29) is 58.9 Å². The van der Waals surface area contributed by atoms with Gasteiger partial charge < -0.3 is 37.2 Å². The molecule has 0 atom stereocenters. The molecule has 0 fully saturated rings. The Labute approximate surface area is 193 Å². The van der Waals surface area contributed by atoms with Crippen LogP contribution < -0.4 is 47.6 Å². The van der Waals surface area contributed by atoms with Crippen LogP contribution in [0.15, 0.2) is 77.0 Å². The second kappa shape index (κ2) is 13.8. The first-order valence-corrected chi connectivity index (χ1v) is 9.94. The van der Waals surface area contributed by atoms with Crippen LogP contribution in [0.1, 0.15) is 33.1 Å². The van der Waals surface area contributed by atoms with E-state index in [0.717, 1.165) is 6.42 Å². The van der Waals surface area contributed by atoms with Gasteiger partial charge in [-0.2, -0.15) is 5.20 Å². The van der Waals surface area contributed by atoms with E-state index in [1.165, 1.54) is 34.4 Å². The zero-order valence-corrected chi connectivity index (χ0v) is 20.1. The molecule has 26 heavy (non-hydrogen) atoms. The molecule has 0 aromatic heterocycles. The van der Waals surface area contributed by atoms with E-state index in [2.05, 4.69) is 80.6 Å². The third-order valence-electron chi connectivity index (χ3n) is 4.40. The first-order chi connectivity index (χ1) is 10.8. The smallest absolute Gasteiger partial charge is 1.00 e. The van der Waals surface area contributed by atoms with Gasteiger partial charge in [-0.3, -0.25) is 6.08 Å². The van der Waals surface area contributed by atoms with Gasteiger partial charge in [0.25, 0.3) is 0 Å². The summed E-state index contributed by atoms with van der Waals surface area (Å²) in [5.74, 6) is 0. The van der Waals surface area contributed by atoms with Gasteiger partial charge in [0.05, 0.1) is 0 Å². The number of rotatable bonds is 5. The van der Waals surface area contributed by atoms with Crippen LogP contribution in [-0.4, -0.2) is 8.80 Å². The third-order valence-corrected chi connectivity index (χ3v) is 7.55. The number of halogens is 3. The summed E-state index contributed by atoms with van der Waals surface area (Å²) in [6, 6.07) is 22.1. The van der Waals surface area contributed by atoms with Crippen LogP contribution in [0.2, 0.25) is 0 Å². The van der Waals surface area contributed by atoms with E-state index in [1.807, 2.05) is 0 Å². The molecule has 2 aromatic rings. The molecule has 1 aliphatic carbocycles. The Morgan fingerprint density at radius 2 is 1.31 bits per heavy atom. The molecule has 0 radical (unpaired) electrons. The summed E-state index contributed by atoms with van der Waals surface area (Å²) in [5.41, 5.74) is 2.99. The van der Waals surface area contributed by atoms with E-state index in [9.17, 15) is 0 Å². The molecule has 0 N–H and O–H groups in total. The molecule has 0 amide bonds. The maximum absolute atomic E-state index is 3.80. The first-order valence-electron chi connectivity index (χ1n) is 8.21. The van der Waals surface area contributed by atoms with Crippen molar-refractivity contribution < 1.29 is 58.9 Å². The van der Waals surface area contributed by atoms with E-state index in [0.29, 0.717) is 0 Å². The molecule has 5 heteroatoms. The Balaban J connectivity index is 0. The molecular formula is C21H23Cl3SiTi. The molecule has 136 valence electrons. The Kier molecular flexibility index (Phi) is 14.9. The van der Waals surface area contributed by atoms with Crippen molar-refractivity contribution in [3.63, 3.8) is 0 Å². The van der Waals surface area contributed by atoms with E-state index >= 15 is 0 Å². The zero-order chi connectivity index (χ0) is 15.4. The first kappa shape index (κ1) is 27.9. The van der Waals surface area contributed by atoms with Gasteiger partial charge in [-0.25, -0.2) is 11.1 Å². The van der Waals surface area contributed by atoms with Gasteiger partial charge in [-0.1, -0.05) is 97.2 Å². The van der Waals surface area contributed by atoms with Crippen LogP contribution in [0.5, 0.6) is 0 Å². The second-order valence-corrected chi connectivity index (χ2v) is 8.99. The summed E-state index contributed by atoms with van der Waals surface area (Å²) in [4.78, 5) is 0. The second-order valence-electron chi connectivity index (χ2n) is 6.09. The molecular weight excluding hydrogens is 435 g/mol. The summed E-state index contributed by atoms with van der Waals surface area (Å²) in [6.07, 6.45) is 7.29. The molecule has 0 aliphatic heterocycles. The van der Waals surface area contributed by atoms with E-state index in [1.54, 1.807) is 5.20 Å². The van der Waals surface area contributed by atoms with Gasteiger partial charge in [-0.05, 0) is 0 Å². The van der Waals surface area contributed by atoms with Crippen molar-refractivity contribution in [2.45, 2.75) is 33.1 Å². The van der Waals surface area contributed by atoms with Crippen LogP contribution in [0.25, 0.3) is 0 Å². The van der Waals surface area contributed by atoms with Crippen molar-refractivity contribution in [1.82, 2.24) is 0 Å². The summed E-state index contributed by atoms with van der Waals surface area (Å²) >= 11 is 0. The fourth-order valence-corrected chi connectivity index (χ4v) is 6.56. The van der Waals surface area contributed by atoms with Gasteiger partial charge in [0, 0.05) is 0 Å². The van der Waals surface area contributed by atoms with Gasteiger partial charge in [0.15, 0.2) is 0 Å². The van der Waals surface area contributed by atoms with Gasteiger partial charge in [0.2, 0.25) is 0 Å². The van der Waals surface area contributed by atoms with Crippen molar-refractivity contribution >= 4 is 19.2 Å². The maximum atomic E-state index is 3.80. The summed E-state index contributed by atoms with van der Waals surface area (Å²) < 4.78 is 0. The van der Waals surface area contributed by atoms with Crippen molar-refractivity contribution in [2.75, 3.05) is 0 Å². The Hall–Kier alpha value is -0.279. The topological polar surface area (TPSA) is 0 Å². The quantitative estimate of drug-likeness (QED) is 0.311. The number of hydrogen-bond acceptors (Lipinski definition) is 0. The molecule has 0 heterocycles. The monoisotopic (exact) mass is 456 g/mol. The van der Waals surface area contributed by atoms with Gasteiger partial charge in [-0.15, -0.1) is 6.92 Å². The fourth-order valence-electron chi connectivity index (χ4n) is 3.32. The molecule has 3 rings (SSSR count). The van der Waals surface area contributed by atoms with Gasteiger partial charge >= 0.3 is 21.7 Å². The minimum absolute atomic E-state index is 0. The standard InChI is InChI=1S/C21H23Si.3ClH.Ti/c1-3-10-18-16-21(15-17(18)2)22(19-11-6-4-7-12-19)20-13-8-5-9-14-20;;;;/h4-9,11-14,22H,3,10,15H2,1-2H3;3*1H;/q-1;;;;+4/p-3. The summed E-state index contributed by atoms with van der Waals surface area (Å²) in [5, 5.41) is 4.56. The van der Waals surface area contributed by atoms with E-state index in [4.69, 9.17) is 0 Å². The zero-order valence-electron chi connectivity index (χ0n) is 15.1. The number of benzene rings is 2. The third kappa shape index (κ3) is 6.71. The maximum Gasteiger partial charge on any atom is 4.00 e. The Morgan fingerprint density at radius 3 is 1.73 bits per heavy atom. The number of hydrogen-bond donors (Lipinski definition) is 0. The van der Waals surface area contributed by atoms with Crippen LogP contribution in [-0.2, 0) is 21.7 Å². The fraction of sp³-hybridized carbons (Fsp3) is 0.238. The average Bonchev–Trinajstić information content (AvgIpc) is 2.91. The van der Waals surface area contributed by atoms with Crippen LogP contribution in [0.3, 0.4) is 0 Å². The Morgan fingerprint density at radius 1 is 0.846 bits per heavy atom. The van der Waals surface area contributed by atoms with Crippen molar-refractivity contribution in [3.05, 3.63) is 83.1 Å². The largest absolute Gasteiger partial charge is 4.00 e. The van der Waals surface area contributed by atoms with E-state index < -0.39 is 8.80 Å². The minimum Gasteiger partial charge on any atom is -1.00 e. The molecule has 0 spiro atoms. The molecule has 0 saturated carbocycles. The molecule has 0 bridgehead atoms. The number of allylic oxidation sites excluding steroid dienone is 4. The predicted octanol–water partition coefficient (Wildman–Crippen LogP) is -5.17. The minimum atomic E-state index is -1.34. The van der Waals surface area contributed by atoms with Crippen LogP contribution in [0.4, 0.5) is 0 Å². The van der Waals surface area contributed by atoms with Crippen LogP contribution >= 0.6 is 0 Å². The van der Waals surface area contributed by atoms with Gasteiger partial charge in [0.1, 0.15) is 8.80 Å². The predicted molar refractivity (Wildman–Crippen MR) is 98.3 cm³/mol. The summed E-state index contributed by atoms with van der Waals surface area (Å²) in [7, 11) is -1.34.